The molecule has 116 valence electrons. The smallest absolute Gasteiger partial charge is 0.225 e. The summed E-state index contributed by atoms with van der Waals surface area (Å²) >= 11 is 1.59. The fourth-order valence-corrected chi connectivity index (χ4v) is 3.65. The standard InChI is InChI=1S/C15H22N2O3S/c1-17-13(18)7-6-11(14(17)12-5-3-10-21-12)15(19)16-8-4-9-20-2/h3,5,10-11,14H,4,6-9H2,1-2H3,(H,16,19)/t11-,14+/m0/s1. The lowest BCUT2D eigenvalue weighted by atomic mass is 9.87. The van der Waals surface area contributed by atoms with Gasteiger partial charge in [0.1, 0.15) is 0 Å². The zero-order chi connectivity index (χ0) is 15.2. The Labute approximate surface area is 129 Å². The zero-order valence-corrected chi connectivity index (χ0v) is 13.3. The Morgan fingerprint density at radius 1 is 1.57 bits per heavy atom. The maximum absolute atomic E-state index is 12.4. The molecule has 0 saturated carbocycles. The van der Waals surface area contributed by atoms with Gasteiger partial charge in [-0.3, -0.25) is 9.59 Å². The summed E-state index contributed by atoms with van der Waals surface area (Å²) in [4.78, 5) is 27.2. The number of nitrogens with zero attached hydrogens (tertiary/aromatic N) is 1. The summed E-state index contributed by atoms with van der Waals surface area (Å²) < 4.78 is 4.98. The second-order valence-corrected chi connectivity index (χ2v) is 6.23. The first-order chi connectivity index (χ1) is 10.1. The fourth-order valence-electron chi connectivity index (χ4n) is 2.72. The van der Waals surface area contributed by atoms with Gasteiger partial charge in [-0.1, -0.05) is 6.07 Å². The molecule has 1 aliphatic rings. The van der Waals surface area contributed by atoms with Gasteiger partial charge < -0.3 is 15.0 Å². The van der Waals surface area contributed by atoms with Gasteiger partial charge in [0.15, 0.2) is 0 Å². The Morgan fingerprint density at radius 2 is 2.38 bits per heavy atom. The average molecular weight is 310 g/mol. The van der Waals surface area contributed by atoms with Gasteiger partial charge in [-0.2, -0.15) is 0 Å². The molecule has 0 bridgehead atoms. The van der Waals surface area contributed by atoms with E-state index in [9.17, 15) is 9.59 Å². The first-order valence-corrected chi connectivity index (χ1v) is 8.09. The first-order valence-electron chi connectivity index (χ1n) is 7.21. The lowest BCUT2D eigenvalue weighted by molar-refractivity contribution is -0.141. The van der Waals surface area contributed by atoms with E-state index < -0.39 is 0 Å². The number of methoxy groups -OCH3 is 1. The van der Waals surface area contributed by atoms with E-state index in [-0.39, 0.29) is 23.8 Å². The third-order valence-corrected chi connectivity index (χ3v) is 4.80. The van der Waals surface area contributed by atoms with Crippen molar-refractivity contribution in [3.63, 3.8) is 0 Å². The lowest BCUT2D eigenvalue weighted by Gasteiger charge is -2.37. The van der Waals surface area contributed by atoms with Crippen LogP contribution in [0.4, 0.5) is 0 Å². The Kier molecular flexibility index (Phi) is 5.76. The van der Waals surface area contributed by atoms with Crippen molar-refractivity contribution >= 4 is 23.2 Å². The van der Waals surface area contributed by atoms with Gasteiger partial charge in [0.05, 0.1) is 12.0 Å². The van der Waals surface area contributed by atoms with Crippen molar-refractivity contribution in [2.45, 2.75) is 25.3 Å². The van der Waals surface area contributed by atoms with Crippen molar-refractivity contribution in [2.24, 2.45) is 5.92 Å². The van der Waals surface area contributed by atoms with Crippen LogP contribution in [-0.2, 0) is 14.3 Å². The maximum Gasteiger partial charge on any atom is 0.225 e. The van der Waals surface area contributed by atoms with E-state index >= 15 is 0 Å². The summed E-state index contributed by atoms with van der Waals surface area (Å²) in [6.07, 6.45) is 1.85. The number of carbonyl (C=O) groups excluding carboxylic acids is 2. The van der Waals surface area contributed by atoms with E-state index in [1.807, 2.05) is 17.5 Å². The molecule has 1 aromatic heterocycles. The minimum atomic E-state index is -0.172. The highest BCUT2D eigenvalue weighted by Gasteiger charge is 2.39. The highest BCUT2D eigenvalue weighted by molar-refractivity contribution is 7.10. The van der Waals surface area contributed by atoms with E-state index in [4.69, 9.17) is 4.74 Å². The monoisotopic (exact) mass is 310 g/mol. The summed E-state index contributed by atoms with van der Waals surface area (Å²) in [6, 6.07) is 3.81. The average Bonchev–Trinajstić information content (AvgIpc) is 3.00. The topological polar surface area (TPSA) is 58.6 Å². The molecular formula is C15H22N2O3S. The highest BCUT2D eigenvalue weighted by Crippen LogP contribution is 2.37. The Balaban J connectivity index is 2.05. The second-order valence-electron chi connectivity index (χ2n) is 5.25. The molecule has 0 unspecified atom stereocenters. The molecule has 0 radical (unpaired) electrons. The van der Waals surface area contributed by atoms with Crippen LogP contribution in [0.15, 0.2) is 17.5 Å². The van der Waals surface area contributed by atoms with Crippen molar-refractivity contribution < 1.29 is 14.3 Å². The highest BCUT2D eigenvalue weighted by atomic mass is 32.1. The Hall–Kier alpha value is -1.40. The van der Waals surface area contributed by atoms with Crippen LogP contribution in [0.3, 0.4) is 0 Å². The van der Waals surface area contributed by atoms with Crippen LogP contribution in [-0.4, -0.2) is 44.0 Å². The molecule has 5 nitrogen and oxygen atoms in total. The molecule has 0 aliphatic carbocycles. The lowest BCUT2D eigenvalue weighted by Crippen LogP contribution is -2.46. The molecule has 21 heavy (non-hydrogen) atoms. The maximum atomic E-state index is 12.4. The number of hydrogen-bond acceptors (Lipinski definition) is 4. The summed E-state index contributed by atoms with van der Waals surface area (Å²) in [5.41, 5.74) is 0. The van der Waals surface area contributed by atoms with Crippen LogP contribution in [0.1, 0.15) is 30.2 Å². The number of piperidine rings is 1. The number of amides is 2. The minimum Gasteiger partial charge on any atom is -0.385 e. The van der Waals surface area contributed by atoms with Crippen LogP contribution in [0.25, 0.3) is 0 Å². The molecule has 0 aromatic carbocycles. The van der Waals surface area contributed by atoms with E-state index in [0.717, 1.165) is 11.3 Å². The van der Waals surface area contributed by atoms with Crippen LogP contribution in [0, 0.1) is 5.92 Å². The van der Waals surface area contributed by atoms with Crippen molar-refractivity contribution in [3.8, 4) is 0 Å². The molecule has 1 N–H and O–H groups in total. The summed E-state index contributed by atoms with van der Waals surface area (Å²) in [5.74, 6) is -0.0328. The quantitative estimate of drug-likeness (QED) is 0.815. The van der Waals surface area contributed by atoms with Gasteiger partial charge in [0.25, 0.3) is 0 Å². The fraction of sp³-hybridized carbons (Fsp3) is 0.600. The van der Waals surface area contributed by atoms with Crippen LogP contribution < -0.4 is 5.32 Å². The van der Waals surface area contributed by atoms with Crippen molar-refractivity contribution in [1.29, 1.82) is 0 Å². The predicted molar refractivity (Wildman–Crippen MR) is 82.1 cm³/mol. The van der Waals surface area contributed by atoms with Crippen molar-refractivity contribution in [2.75, 3.05) is 27.3 Å². The molecule has 2 amide bonds. The summed E-state index contributed by atoms with van der Waals surface area (Å²) in [6.45, 7) is 1.25. The molecule has 2 heterocycles. The van der Waals surface area contributed by atoms with E-state index in [0.29, 0.717) is 26.0 Å². The SMILES string of the molecule is COCCCNC(=O)[C@H]1CCC(=O)N(C)[C@H]1c1cccs1. The number of rotatable bonds is 6. The molecule has 2 atom stereocenters. The van der Waals surface area contributed by atoms with Gasteiger partial charge >= 0.3 is 0 Å². The van der Waals surface area contributed by atoms with Crippen molar-refractivity contribution in [1.82, 2.24) is 10.2 Å². The van der Waals surface area contributed by atoms with Gasteiger partial charge in [-0.05, 0) is 24.3 Å². The first kappa shape index (κ1) is 16.0. The molecule has 1 aliphatic heterocycles. The molecule has 2 rings (SSSR count). The predicted octanol–water partition coefficient (Wildman–Crippen LogP) is 1.81. The van der Waals surface area contributed by atoms with Gasteiger partial charge in [0, 0.05) is 38.6 Å². The van der Waals surface area contributed by atoms with Gasteiger partial charge in [-0.25, -0.2) is 0 Å². The number of ether oxygens (including phenoxy) is 1. The largest absolute Gasteiger partial charge is 0.385 e. The molecule has 1 saturated heterocycles. The third kappa shape index (κ3) is 3.83. The molecule has 0 spiro atoms. The summed E-state index contributed by atoms with van der Waals surface area (Å²) in [7, 11) is 3.44. The normalized spacial score (nSPS) is 22.4. The van der Waals surface area contributed by atoms with Crippen molar-refractivity contribution in [3.05, 3.63) is 22.4 Å². The van der Waals surface area contributed by atoms with E-state index in [1.165, 1.54) is 0 Å². The van der Waals surface area contributed by atoms with Crippen LogP contribution in [0.5, 0.6) is 0 Å². The molecule has 1 aromatic rings. The van der Waals surface area contributed by atoms with Gasteiger partial charge in [-0.15, -0.1) is 11.3 Å². The number of thiophene rings is 1. The molecule has 6 heteroatoms. The number of nitrogens with one attached hydrogen (secondary N) is 1. The summed E-state index contributed by atoms with van der Waals surface area (Å²) in [5, 5.41) is 4.94. The molecule has 1 fully saturated rings. The zero-order valence-electron chi connectivity index (χ0n) is 12.5. The van der Waals surface area contributed by atoms with Crippen LogP contribution >= 0.6 is 11.3 Å². The Morgan fingerprint density at radius 3 is 3.05 bits per heavy atom. The third-order valence-electron chi connectivity index (χ3n) is 3.86. The number of carbonyl (C=O) groups is 2. The van der Waals surface area contributed by atoms with Crippen LogP contribution in [0.2, 0.25) is 0 Å². The number of likely N-dealkylation sites (tertiary alicyclic amines) is 1. The van der Waals surface area contributed by atoms with E-state index in [1.54, 1.807) is 30.4 Å². The van der Waals surface area contributed by atoms with E-state index in [2.05, 4.69) is 5.32 Å². The molecular weight excluding hydrogens is 288 g/mol. The number of hydrogen-bond donors (Lipinski definition) is 1. The Bertz CT molecular complexity index is 475. The van der Waals surface area contributed by atoms with Gasteiger partial charge in [0.2, 0.25) is 11.8 Å². The minimum absolute atomic E-state index is 0.0313. The second kappa shape index (κ2) is 7.56.